The summed E-state index contributed by atoms with van der Waals surface area (Å²) in [5.41, 5.74) is 1.44. The standard InChI is InChI=1S/C14H23Br/c1-3-12-5-11-6-13(4-2,8-12)10-14(15,7-11)9-12/h11H,3-10H2,1-2H3/t11?,12-,13-,14?/m0/s1. The van der Waals surface area contributed by atoms with E-state index < -0.39 is 0 Å². The Morgan fingerprint density at radius 2 is 1.47 bits per heavy atom. The molecule has 86 valence electrons. The van der Waals surface area contributed by atoms with Crippen LogP contribution < -0.4 is 0 Å². The van der Waals surface area contributed by atoms with E-state index in [4.69, 9.17) is 0 Å². The zero-order chi connectivity index (χ0) is 10.7. The van der Waals surface area contributed by atoms with Crippen LogP contribution in [0.3, 0.4) is 0 Å². The van der Waals surface area contributed by atoms with E-state index in [-0.39, 0.29) is 0 Å². The van der Waals surface area contributed by atoms with Gasteiger partial charge in [0.25, 0.3) is 0 Å². The van der Waals surface area contributed by atoms with Crippen molar-refractivity contribution in [1.82, 2.24) is 0 Å². The molecule has 4 bridgehead atoms. The van der Waals surface area contributed by atoms with Gasteiger partial charge < -0.3 is 0 Å². The normalized spacial score (nSPS) is 57.4. The molecular formula is C14H23Br. The third-order valence-corrected chi connectivity index (χ3v) is 6.62. The average molecular weight is 271 g/mol. The van der Waals surface area contributed by atoms with Crippen LogP contribution in [-0.2, 0) is 0 Å². The average Bonchev–Trinajstić information content (AvgIpc) is 2.14. The second-order valence-electron chi connectivity index (χ2n) is 6.87. The zero-order valence-electron chi connectivity index (χ0n) is 10.1. The first-order chi connectivity index (χ1) is 7.03. The van der Waals surface area contributed by atoms with Crippen LogP contribution in [0.5, 0.6) is 0 Å². The molecule has 0 N–H and O–H groups in total. The molecule has 0 amide bonds. The van der Waals surface area contributed by atoms with Crippen LogP contribution >= 0.6 is 15.9 Å². The number of alkyl halides is 1. The van der Waals surface area contributed by atoms with Crippen LogP contribution in [0, 0.1) is 16.7 Å². The number of hydrogen-bond acceptors (Lipinski definition) is 0. The Morgan fingerprint density at radius 1 is 0.933 bits per heavy atom. The summed E-state index contributed by atoms with van der Waals surface area (Å²) in [4.78, 5) is 0. The maximum absolute atomic E-state index is 4.11. The van der Waals surface area contributed by atoms with Crippen LogP contribution in [0.1, 0.15) is 65.2 Å². The summed E-state index contributed by atoms with van der Waals surface area (Å²) in [6.45, 7) is 4.85. The van der Waals surface area contributed by atoms with Crippen molar-refractivity contribution in [3.8, 4) is 0 Å². The second-order valence-corrected chi connectivity index (χ2v) is 8.55. The zero-order valence-corrected chi connectivity index (χ0v) is 11.7. The van der Waals surface area contributed by atoms with Gasteiger partial charge >= 0.3 is 0 Å². The van der Waals surface area contributed by atoms with Crippen molar-refractivity contribution in [3.05, 3.63) is 0 Å². The predicted octanol–water partition coefficient (Wildman–Crippen LogP) is 4.91. The SMILES string of the molecule is CC[C@@]12CC3CC(Br)(C1)C[C@@](CC)(C3)C2. The summed E-state index contributed by atoms with van der Waals surface area (Å²) >= 11 is 4.11. The fourth-order valence-corrected chi connectivity index (χ4v) is 7.15. The minimum atomic E-state index is 0.540. The van der Waals surface area contributed by atoms with Gasteiger partial charge in [-0.15, -0.1) is 0 Å². The molecule has 4 rings (SSSR count). The van der Waals surface area contributed by atoms with Crippen molar-refractivity contribution in [3.63, 3.8) is 0 Å². The molecule has 4 aliphatic rings. The van der Waals surface area contributed by atoms with Crippen LogP contribution in [-0.4, -0.2) is 4.32 Å². The molecule has 4 aliphatic carbocycles. The van der Waals surface area contributed by atoms with Crippen molar-refractivity contribution in [2.24, 2.45) is 16.7 Å². The molecule has 2 atom stereocenters. The van der Waals surface area contributed by atoms with Gasteiger partial charge in [0, 0.05) is 4.32 Å². The highest BCUT2D eigenvalue weighted by atomic mass is 79.9. The molecule has 0 aromatic carbocycles. The number of hydrogen-bond donors (Lipinski definition) is 0. The maximum Gasteiger partial charge on any atom is 0.0271 e. The van der Waals surface area contributed by atoms with Gasteiger partial charge in [0.1, 0.15) is 0 Å². The Labute approximate surface area is 102 Å². The summed E-state index contributed by atoms with van der Waals surface area (Å²) in [6.07, 6.45) is 11.9. The van der Waals surface area contributed by atoms with Gasteiger partial charge in [0.2, 0.25) is 0 Å². The van der Waals surface area contributed by atoms with E-state index in [1.54, 1.807) is 12.8 Å². The minimum Gasteiger partial charge on any atom is -0.0853 e. The Kier molecular flexibility index (Phi) is 2.14. The lowest BCUT2D eigenvalue weighted by Gasteiger charge is -2.65. The highest BCUT2D eigenvalue weighted by Gasteiger charge is 2.61. The monoisotopic (exact) mass is 270 g/mol. The molecule has 0 aromatic heterocycles. The van der Waals surface area contributed by atoms with Gasteiger partial charge in [-0.1, -0.05) is 42.6 Å². The lowest BCUT2D eigenvalue weighted by molar-refractivity contribution is -0.0977. The van der Waals surface area contributed by atoms with Crippen molar-refractivity contribution in [2.75, 3.05) is 0 Å². The second kappa shape index (κ2) is 3.03. The molecule has 0 heterocycles. The number of rotatable bonds is 2. The van der Waals surface area contributed by atoms with Gasteiger partial charge in [0.15, 0.2) is 0 Å². The molecule has 0 spiro atoms. The molecule has 0 radical (unpaired) electrons. The Morgan fingerprint density at radius 3 is 1.87 bits per heavy atom. The Bertz CT molecular complexity index is 263. The summed E-state index contributed by atoms with van der Waals surface area (Å²) in [7, 11) is 0. The first-order valence-corrected chi connectivity index (χ1v) is 7.51. The van der Waals surface area contributed by atoms with E-state index in [0.29, 0.717) is 4.32 Å². The van der Waals surface area contributed by atoms with Crippen molar-refractivity contribution in [2.45, 2.75) is 69.5 Å². The van der Waals surface area contributed by atoms with E-state index >= 15 is 0 Å². The third-order valence-electron chi connectivity index (χ3n) is 5.73. The maximum atomic E-state index is 4.11. The predicted molar refractivity (Wildman–Crippen MR) is 68.3 cm³/mol. The Hall–Kier alpha value is 0.480. The fourth-order valence-electron chi connectivity index (χ4n) is 5.51. The van der Waals surface area contributed by atoms with E-state index in [2.05, 4.69) is 29.8 Å². The summed E-state index contributed by atoms with van der Waals surface area (Å²) in [5.74, 6) is 1.04. The summed E-state index contributed by atoms with van der Waals surface area (Å²) in [6, 6.07) is 0. The topological polar surface area (TPSA) is 0 Å². The highest BCUT2D eigenvalue weighted by molar-refractivity contribution is 9.10. The van der Waals surface area contributed by atoms with E-state index in [1.807, 2.05) is 0 Å². The molecule has 0 saturated heterocycles. The lowest BCUT2D eigenvalue weighted by atomic mass is 9.43. The van der Waals surface area contributed by atoms with E-state index in [1.165, 1.54) is 38.5 Å². The molecule has 4 fully saturated rings. The molecule has 0 aromatic rings. The molecule has 15 heavy (non-hydrogen) atoms. The van der Waals surface area contributed by atoms with E-state index in [9.17, 15) is 0 Å². The lowest BCUT2D eigenvalue weighted by Crippen LogP contribution is -2.57. The van der Waals surface area contributed by atoms with Crippen LogP contribution in [0.4, 0.5) is 0 Å². The Balaban J connectivity index is 2.00. The van der Waals surface area contributed by atoms with Crippen LogP contribution in [0.2, 0.25) is 0 Å². The summed E-state index contributed by atoms with van der Waals surface area (Å²) < 4.78 is 0.540. The van der Waals surface area contributed by atoms with Gasteiger partial charge in [-0.3, -0.25) is 0 Å². The minimum absolute atomic E-state index is 0.540. The van der Waals surface area contributed by atoms with Gasteiger partial charge in [0.05, 0.1) is 0 Å². The smallest absolute Gasteiger partial charge is 0.0271 e. The van der Waals surface area contributed by atoms with Crippen LogP contribution in [0.15, 0.2) is 0 Å². The third kappa shape index (κ3) is 1.45. The quantitative estimate of drug-likeness (QED) is 0.626. The molecule has 0 nitrogen and oxygen atoms in total. The molecular weight excluding hydrogens is 248 g/mol. The van der Waals surface area contributed by atoms with Gasteiger partial charge in [-0.2, -0.15) is 0 Å². The van der Waals surface area contributed by atoms with E-state index in [0.717, 1.165) is 16.7 Å². The highest BCUT2D eigenvalue weighted by Crippen LogP contribution is 2.70. The molecule has 1 heteroatoms. The van der Waals surface area contributed by atoms with Crippen LogP contribution in [0.25, 0.3) is 0 Å². The van der Waals surface area contributed by atoms with Crippen molar-refractivity contribution in [1.29, 1.82) is 0 Å². The fraction of sp³-hybridized carbons (Fsp3) is 1.00. The van der Waals surface area contributed by atoms with Gasteiger partial charge in [-0.05, 0) is 55.3 Å². The first kappa shape index (κ1) is 10.6. The molecule has 0 unspecified atom stereocenters. The number of halogens is 1. The van der Waals surface area contributed by atoms with Gasteiger partial charge in [-0.25, -0.2) is 0 Å². The van der Waals surface area contributed by atoms with Crippen molar-refractivity contribution >= 4 is 15.9 Å². The molecule has 4 saturated carbocycles. The van der Waals surface area contributed by atoms with Crippen molar-refractivity contribution < 1.29 is 0 Å². The molecule has 0 aliphatic heterocycles. The summed E-state index contributed by atoms with van der Waals surface area (Å²) in [5, 5.41) is 0. The first-order valence-electron chi connectivity index (χ1n) is 6.72. The largest absolute Gasteiger partial charge is 0.0853 e.